The molecule has 0 radical (unpaired) electrons. The van der Waals surface area contributed by atoms with Gasteiger partial charge in [0.1, 0.15) is 0 Å². The second-order valence-electron chi connectivity index (χ2n) is 4.03. The van der Waals surface area contributed by atoms with Crippen LogP contribution in [0.25, 0.3) is 0 Å². The lowest BCUT2D eigenvalue weighted by atomic mass is 10.2. The Kier molecular flexibility index (Phi) is 4.29. The van der Waals surface area contributed by atoms with Crippen molar-refractivity contribution < 1.29 is 13.5 Å². The van der Waals surface area contributed by atoms with Gasteiger partial charge in [-0.15, -0.1) is 0 Å². The van der Waals surface area contributed by atoms with Crippen molar-refractivity contribution in [2.24, 2.45) is 0 Å². The third kappa shape index (κ3) is 2.93. The fourth-order valence-corrected chi connectivity index (χ4v) is 1.86. The van der Waals surface area contributed by atoms with Crippen LogP contribution in [0.4, 0.5) is 25.8 Å². The molecule has 0 aliphatic heterocycles. The summed E-state index contributed by atoms with van der Waals surface area (Å²) in [6.45, 7) is 2.05. The molecular weight excluding hydrogens is 286 g/mol. The molecule has 0 aliphatic rings. The number of benzene rings is 2. The third-order valence-electron chi connectivity index (χ3n) is 2.62. The predicted molar refractivity (Wildman–Crippen MR) is 76.7 cm³/mol. The van der Waals surface area contributed by atoms with Gasteiger partial charge in [-0.25, -0.2) is 8.78 Å². The summed E-state index contributed by atoms with van der Waals surface area (Å²) in [6.07, 6.45) is 0. The highest BCUT2D eigenvalue weighted by molar-refractivity contribution is 6.31. The molecule has 0 amide bonds. The van der Waals surface area contributed by atoms with Crippen LogP contribution in [-0.4, -0.2) is 6.61 Å². The molecule has 3 nitrogen and oxygen atoms in total. The number of rotatable bonds is 4. The number of halogens is 3. The molecule has 0 aromatic heterocycles. The van der Waals surface area contributed by atoms with Gasteiger partial charge in [-0.05, 0) is 19.1 Å². The Hall–Kier alpha value is -2.01. The highest BCUT2D eigenvalue weighted by atomic mass is 35.5. The fraction of sp³-hybridized carbons (Fsp3) is 0.143. The molecule has 2 aromatic carbocycles. The van der Waals surface area contributed by atoms with Gasteiger partial charge >= 0.3 is 0 Å². The van der Waals surface area contributed by atoms with E-state index >= 15 is 0 Å². The van der Waals surface area contributed by atoms with E-state index in [0.29, 0.717) is 12.3 Å². The smallest absolute Gasteiger partial charge is 0.167 e. The zero-order chi connectivity index (χ0) is 14.7. The van der Waals surface area contributed by atoms with Crippen LogP contribution in [0.15, 0.2) is 30.3 Å². The van der Waals surface area contributed by atoms with Crippen molar-refractivity contribution in [2.75, 3.05) is 17.7 Å². The first-order valence-electron chi connectivity index (χ1n) is 5.95. The van der Waals surface area contributed by atoms with Crippen LogP contribution in [0.2, 0.25) is 5.02 Å². The summed E-state index contributed by atoms with van der Waals surface area (Å²) in [7, 11) is 0. The Morgan fingerprint density at radius 3 is 2.70 bits per heavy atom. The SMILES string of the molecule is CCOc1cc(Nc2cccc(Cl)c2F)c(N)cc1F. The van der Waals surface area contributed by atoms with E-state index in [0.717, 1.165) is 6.07 Å². The number of nitrogens with two attached hydrogens (primary N) is 1. The van der Waals surface area contributed by atoms with Gasteiger partial charge in [0.25, 0.3) is 0 Å². The van der Waals surface area contributed by atoms with Crippen LogP contribution in [0, 0.1) is 11.6 Å². The second-order valence-corrected chi connectivity index (χ2v) is 4.44. The molecular formula is C14H13ClF2N2O. The molecule has 2 rings (SSSR count). The molecule has 6 heteroatoms. The second kappa shape index (κ2) is 5.96. The van der Waals surface area contributed by atoms with Crippen LogP contribution in [-0.2, 0) is 0 Å². The van der Waals surface area contributed by atoms with Crippen LogP contribution in [0.1, 0.15) is 6.92 Å². The summed E-state index contributed by atoms with van der Waals surface area (Å²) in [4.78, 5) is 0. The normalized spacial score (nSPS) is 10.4. The quantitative estimate of drug-likeness (QED) is 0.825. The lowest BCUT2D eigenvalue weighted by molar-refractivity contribution is 0.322. The van der Waals surface area contributed by atoms with Gasteiger partial charge in [-0.3, -0.25) is 0 Å². The average molecular weight is 299 g/mol. The van der Waals surface area contributed by atoms with E-state index in [1.54, 1.807) is 13.0 Å². The number of hydrogen-bond donors (Lipinski definition) is 2. The highest BCUT2D eigenvalue weighted by Gasteiger charge is 2.12. The Balaban J connectivity index is 2.38. The summed E-state index contributed by atoms with van der Waals surface area (Å²) < 4.78 is 32.5. The van der Waals surface area contributed by atoms with Crippen molar-refractivity contribution in [2.45, 2.75) is 6.92 Å². The Morgan fingerprint density at radius 2 is 2.00 bits per heavy atom. The maximum atomic E-state index is 13.8. The van der Waals surface area contributed by atoms with Crippen LogP contribution in [0.5, 0.6) is 5.75 Å². The first kappa shape index (κ1) is 14.4. The Labute approximate surface area is 120 Å². The maximum Gasteiger partial charge on any atom is 0.167 e. The van der Waals surface area contributed by atoms with Crippen molar-refractivity contribution in [3.05, 3.63) is 47.0 Å². The molecule has 0 saturated carbocycles. The molecule has 106 valence electrons. The van der Waals surface area contributed by atoms with Gasteiger partial charge in [0.2, 0.25) is 0 Å². The molecule has 0 unspecified atom stereocenters. The largest absolute Gasteiger partial charge is 0.491 e. The highest BCUT2D eigenvalue weighted by Crippen LogP contribution is 2.32. The van der Waals surface area contributed by atoms with Crippen LogP contribution < -0.4 is 15.8 Å². The van der Waals surface area contributed by atoms with E-state index in [1.165, 1.54) is 18.2 Å². The van der Waals surface area contributed by atoms with E-state index in [9.17, 15) is 8.78 Å². The molecule has 0 atom stereocenters. The van der Waals surface area contributed by atoms with Crippen molar-refractivity contribution in [3.63, 3.8) is 0 Å². The first-order chi connectivity index (χ1) is 9.52. The molecule has 0 saturated heterocycles. The summed E-state index contributed by atoms with van der Waals surface area (Å²) in [5, 5.41) is 2.76. The minimum Gasteiger partial charge on any atom is -0.491 e. The van der Waals surface area contributed by atoms with Gasteiger partial charge in [0.05, 0.1) is 28.7 Å². The van der Waals surface area contributed by atoms with Crippen LogP contribution in [0.3, 0.4) is 0 Å². The van der Waals surface area contributed by atoms with Gasteiger partial charge in [0.15, 0.2) is 17.4 Å². The number of anilines is 3. The predicted octanol–water partition coefficient (Wildman–Crippen LogP) is 4.34. The average Bonchev–Trinajstić information content (AvgIpc) is 2.40. The number of hydrogen-bond acceptors (Lipinski definition) is 3. The van der Waals surface area contributed by atoms with E-state index in [2.05, 4.69) is 5.32 Å². The van der Waals surface area contributed by atoms with Gasteiger partial charge in [-0.1, -0.05) is 17.7 Å². The minimum absolute atomic E-state index is 0.0132. The zero-order valence-electron chi connectivity index (χ0n) is 10.7. The van der Waals surface area contributed by atoms with Gasteiger partial charge in [0, 0.05) is 12.1 Å². The fourth-order valence-electron chi connectivity index (χ4n) is 1.69. The minimum atomic E-state index is -0.601. The molecule has 0 aliphatic carbocycles. The third-order valence-corrected chi connectivity index (χ3v) is 2.92. The Morgan fingerprint density at radius 1 is 1.25 bits per heavy atom. The van der Waals surface area contributed by atoms with E-state index in [1.807, 2.05) is 0 Å². The van der Waals surface area contributed by atoms with E-state index < -0.39 is 11.6 Å². The van der Waals surface area contributed by atoms with Crippen molar-refractivity contribution in [1.82, 2.24) is 0 Å². The Bertz CT molecular complexity index is 635. The summed E-state index contributed by atoms with van der Waals surface area (Å²) in [5.41, 5.74) is 6.35. The summed E-state index contributed by atoms with van der Waals surface area (Å²) >= 11 is 5.70. The number of ether oxygens (including phenoxy) is 1. The van der Waals surface area contributed by atoms with Crippen molar-refractivity contribution >= 4 is 28.7 Å². The zero-order valence-corrected chi connectivity index (χ0v) is 11.5. The van der Waals surface area contributed by atoms with E-state index in [-0.39, 0.29) is 22.1 Å². The number of nitrogens with one attached hydrogen (secondary N) is 1. The molecule has 0 spiro atoms. The monoisotopic (exact) mass is 298 g/mol. The van der Waals surface area contributed by atoms with Crippen molar-refractivity contribution in [3.8, 4) is 5.75 Å². The lowest BCUT2D eigenvalue weighted by Gasteiger charge is -2.13. The number of nitrogen functional groups attached to an aromatic ring is 1. The standard InChI is InChI=1S/C14H13ClF2N2O/c1-2-20-13-7-12(10(18)6-9(13)16)19-11-5-3-4-8(15)14(11)17/h3-7,19H,2,18H2,1H3. The lowest BCUT2D eigenvalue weighted by Crippen LogP contribution is -2.02. The van der Waals surface area contributed by atoms with Crippen LogP contribution >= 0.6 is 11.6 Å². The van der Waals surface area contributed by atoms with Gasteiger partial charge < -0.3 is 15.8 Å². The molecule has 2 aromatic rings. The summed E-state index contributed by atoms with van der Waals surface area (Å²) in [6, 6.07) is 7.03. The molecule has 0 fully saturated rings. The van der Waals surface area contributed by atoms with Crippen molar-refractivity contribution in [1.29, 1.82) is 0 Å². The molecule has 0 heterocycles. The molecule has 20 heavy (non-hydrogen) atoms. The maximum absolute atomic E-state index is 13.8. The molecule has 0 bridgehead atoms. The van der Waals surface area contributed by atoms with Gasteiger partial charge in [-0.2, -0.15) is 0 Å². The summed E-state index contributed by atoms with van der Waals surface area (Å²) in [5.74, 6) is -1.12. The molecule has 3 N–H and O–H groups in total. The van der Waals surface area contributed by atoms with E-state index in [4.69, 9.17) is 22.1 Å². The first-order valence-corrected chi connectivity index (χ1v) is 6.33. The topological polar surface area (TPSA) is 47.3 Å².